The third-order valence-corrected chi connectivity index (χ3v) is 6.48. The van der Waals surface area contributed by atoms with Crippen LogP contribution in [-0.2, 0) is 10.2 Å². The van der Waals surface area contributed by atoms with Crippen molar-refractivity contribution in [3.05, 3.63) is 65.3 Å². The van der Waals surface area contributed by atoms with Crippen LogP contribution in [0.3, 0.4) is 0 Å². The van der Waals surface area contributed by atoms with Crippen molar-refractivity contribution in [2.75, 3.05) is 0 Å². The number of unbranched alkanes of at least 4 members (excludes halogenated alkanes) is 4. The molecule has 2 unspecified atom stereocenters. The molecular weight excluding hydrogens is 352 g/mol. The maximum Gasteiger partial charge on any atom is 0.140 e. The van der Waals surface area contributed by atoms with E-state index in [9.17, 15) is 4.79 Å². The highest BCUT2D eigenvalue weighted by Gasteiger charge is 2.39. The summed E-state index contributed by atoms with van der Waals surface area (Å²) in [6.45, 7) is 16.8. The van der Waals surface area contributed by atoms with Crippen molar-refractivity contribution >= 4 is 11.9 Å². The van der Waals surface area contributed by atoms with Crippen LogP contribution in [0.4, 0.5) is 0 Å². The van der Waals surface area contributed by atoms with Crippen molar-refractivity contribution in [3.63, 3.8) is 0 Å². The highest BCUT2D eigenvalue weighted by Crippen LogP contribution is 2.43. The molecule has 0 N–H and O–H groups in total. The van der Waals surface area contributed by atoms with Gasteiger partial charge in [-0.25, -0.2) is 0 Å². The van der Waals surface area contributed by atoms with Crippen molar-refractivity contribution in [1.29, 1.82) is 0 Å². The van der Waals surface area contributed by atoms with E-state index >= 15 is 0 Å². The summed E-state index contributed by atoms with van der Waals surface area (Å²) in [6, 6.07) is 6.65. The number of rotatable bonds is 10. The number of carbonyl (C=O) groups excluding carboxylic acids is 1. The predicted molar refractivity (Wildman–Crippen MR) is 127 cm³/mol. The van der Waals surface area contributed by atoms with E-state index in [0.717, 1.165) is 31.3 Å². The van der Waals surface area contributed by atoms with E-state index in [4.69, 9.17) is 0 Å². The quantitative estimate of drug-likeness (QED) is 0.290. The zero-order valence-electron chi connectivity index (χ0n) is 19.2. The second-order valence-electron chi connectivity index (χ2n) is 9.43. The van der Waals surface area contributed by atoms with Gasteiger partial charge in [-0.2, -0.15) is 0 Å². The normalized spacial score (nSPS) is 22.4. The Balaban J connectivity index is 1.92. The van der Waals surface area contributed by atoms with Gasteiger partial charge in [-0.1, -0.05) is 80.7 Å². The fourth-order valence-electron chi connectivity index (χ4n) is 4.67. The highest BCUT2D eigenvalue weighted by atomic mass is 16.1. The lowest BCUT2D eigenvalue weighted by Gasteiger charge is -2.38. The Morgan fingerprint density at radius 3 is 2.52 bits per heavy atom. The van der Waals surface area contributed by atoms with Crippen LogP contribution in [-0.4, -0.2) is 5.78 Å². The minimum atomic E-state index is -0.128. The fourth-order valence-corrected chi connectivity index (χ4v) is 4.67. The summed E-state index contributed by atoms with van der Waals surface area (Å²) in [6.07, 6.45) is 14.0. The molecule has 2 atom stereocenters. The maximum atomic E-state index is 13.0. The summed E-state index contributed by atoms with van der Waals surface area (Å²) in [5.41, 5.74) is 6.08. The number of ketones is 1. The summed E-state index contributed by atoms with van der Waals surface area (Å²) in [5, 5.41) is 0. The van der Waals surface area contributed by atoms with E-state index in [1.807, 2.05) is 6.92 Å². The first kappa shape index (κ1) is 23.4. The minimum Gasteiger partial charge on any atom is -0.299 e. The van der Waals surface area contributed by atoms with Gasteiger partial charge < -0.3 is 0 Å². The predicted octanol–water partition coefficient (Wildman–Crippen LogP) is 8.13. The molecule has 0 radical (unpaired) electrons. The van der Waals surface area contributed by atoms with E-state index in [1.54, 1.807) is 0 Å². The van der Waals surface area contributed by atoms with E-state index in [1.165, 1.54) is 47.9 Å². The van der Waals surface area contributed by atoms with Crippen molar-refractivity contribution in [3.8, 4) is 0 Å². The summed E-state index contributed by atoms with van der Waals surface area (Å²) in [5.74, 6) is 0.457. The van der Waals surface area contributed by atoms with Crippen molar-refractivity contribution in [1.82, 2.24) is 0 Å². The number of aryl methyl sites for hydroxylation is 1. The number of allylic oxidation sites excluding steroid dienone is 3. The van der Waals surface area contributed by atoms with Gasteiger partial charge in [0.25, 0.3) is 0 Å². The Kier molecular flexibility index (Phi) is 8.68. The molecule has 0 aromatic heterocycles. The van der Waals surface area contributed by atoms with Crippen molar-refractivity contribution < 1.29 is 4.79 Å². The van der Waals surface area contributed by atoms with Crippen LogP contribution >= 0.6 is 0 Å². The standard InChI is InChI=1S/C28H40O/c1-7-13-24-18-25(17-16-22(24)4)28(6)19-23(5)26(27(29)20-28)15-12-10-8-9-11-14-21(2)3/h7,13,16-18,26H,2,5,8-12,14-15,19-20H2,1,3-4,6H3/b13-7-. The number of benzene rings is 1. The molecule has 0 amide bonds. The average molecular weight is 393 g/mol. The molecule has 1 nitrogen and oxygen atoms in total. The minimum absolute atomic E-state index is 0.0685. The Hall–Kier alpha value is -1.89. The molecule has 1 aromatic rings. The van der Waals surface area contributed by atoms with Gasteiger partial charge >= 0.3 is 0 Å². The first-order valence-corrected chi connectivity index (χ1v) is 11.4. The number of Topliss-reactive ketones (excluding diaryl/α,β-unsaturated/α-hetero) is 1. The first-order chi connectivity index (χ1) is 13.8. The molecule has 0 heterocycles. The molecule has 1 fully saturated rings. The monoisotopic (exact) mass is 392 g/mol. The molecule has 1 aliphatic rings. The van der Waals surface area contributed by atoms with Crippen molar-refractivity contribution in [2.24, 2.45) is 5.92 Å². The lowest BCUT2D eigenvalue weighted by atomic mass is 9.64. The fraction of sp³-hybridized carbons (Fsp3) is 0.536. The smallest absolute Gasteiger partial charge is 0.140 e. The van der Waals surface area contributed by atoms with Gasteiger partial charge in [0.05, 0.1) is 0 Å². The summed E-state index contributed by atoms with van der Waals surface area (Å²) in [4.78, 5) is 13.0. The van der Waals surface area contributed by atoms with E-state index in [0.29, 0.717) is 12.2 Å². The van der Waals surface area contributed by atoms with Gasteiger partial charge in [-0.15, -0.1) is 6.58 Å². The number of carbonyl (C=O) groups is 1. The Morgan fingerprint density at radius 1 is 1.17 bits per heavy atom. The van der Waals surface area contributed by atoms with Gasteiger partial charge in [0.15, 0.2) is 0 Å². The van der Waals surface area contributed by atoms with Crippen LogP contribution in [0.25, 0.3) is 6.08 Å². The van der Waals surface area contributed by atoms with Crippen molar-refractivity contribution in [2.45, 2.75) is 90.9 Å². The lowest BCUT2D eigenvalue weighted by molar-refractivity contribution is -0.124. The van der Waals surface area contributed by atoms with Crippen LogP contribution in [0.1, 0.15) is 95.2 Å². The van der Waals surface area contributed by atoms with Gasteiger partial charge in [-0.3, -0.25) is 4.79 Å². The van der Waals surface area contributed by atoms with Crippen LogP contribution in [0.15, 0.2) is 48.6 Å². The Morgan fingerprint density at radius 2 is 1.86 bits per heavy atom. The molecule has 0 spiro atoms. The van der Waals surface area contributed by atoms with Crippen LogP contribution < -0.4 is 0 Å². The third kappa shape index (κ3) is 6.56. The maximum absolute atomic E-state index is 13.0. The van der Waals surface area contributed by atoms with E-state index in [2.05, 4.69) is 64.3 Å². The third-order valence-electron chi connectivity index (χ3n) is 6.48. The van der Waals surface area contributed by atoms with Gasteiger partial charge in [0.2, 0.25) is 0 Å². The zero-order valence-corrected chi connectivity index (χ0v) is 19.2. The summed E-state index contributed by atoms with van der Waals surface area (Å²) in [7, 11) is 0. The molecule has 1 saturated carbocycles. The highest BCUT2D eigenvalue weighted by molar-refractivity contribution is 5.86. The molecule has 1 heteroatoms. The Bertz CT molecular complexity index is 747. The molecule has 0 aliphatic heterocycles. The summed E-state index contributed by atoms with van der Waals surface area (Å²) < 4.78 is 0. The SMILES string of the molecule is C=C(C)CCCCCCCC1C(=C)CC(C)(c2ccc(C)c(/C=C\C)c2)CC1=O. The van der Waals surface area contributed by atoms with Gasteiger partial charge in [-0.05, 0) is 63.1 Å². The molecule has 2 rings (SSSR count). The second kappa shape index (κ2) is 10.8. The first-order valence-electron chi connectivity index (χ1n) is 11.4. The van der Waals surface area contributed by atoms with Crippen LogP contribution in [0.2, 0.25) is 0 Å². The molecule has 0 saturated heterocycles. The van der Waals surface area contributed by atoms with E-state index in [-0.39, 0.29) is 11.3 Å². The Labute approximate surface area is 179 Å². The van der Waals surface area contributed by atoms with Gasteiger partial charge in [0, 0.05) is 17.8 Å². The zero-order chi connectivity index (χ0) is 21.4. The summed E-state index contributed by atoms with van der Waals surface area (Å²) >= 11 is 0. The topological polar surface area (TPSA) is 17.1 Å². The van der Waals surface area contributed by atoms with Crippen LogP contribution in [0, 0.1) is 12.8 Å². The molecule has 1 aromatic carbocycles. The molecule has 158 valence electrons. The van der Waals surface area contributed by atoms with Gasteiger partial charge in [0.1, 0.15) is 5.78 Å². The molecule has 0 bridgehead atoms. The molecule has 1 aliphatic carbocycles. The largest absolute Gasteiger partial charge is 0.299 e. The number of hydrogen-bond donors (Lipinski definition) is 0. The molecular formula is C28H40O. The number of hydrogen-bond acceptors (Lipinski definition) is 1. The molecule has 29 heavy (non-hydrogen) atoms. The lowest BCUT2D eigenvalue weighted by Crippen LogP contribution is -2.36. The van der Waals surface area contributed by atoms with Crippen LogP contribution in [0.5, 0.6) is 0 Å². The van der Waals surface area contributed by atoms with E-state index < -0.39 is 0 Å². The second-order valence-corrected chi connectivity index (χ2v) is 9.43. The average Bonchev–Trinajstić information content (AvgIpc) is 2.64.